The minimum Gasteiger partial charge on any atom is -0.301 e. The third kappa shape index (κ3) is 4.51. The van der Waals surface area contributed by atoms with Crippen LogP contribution >= 0.6 is 11.3 Å². The molecular weight excluding hydrogens is 334 g/mol. The first-order valence-electron chi connectivity index (χ1n) is 8.81. The van der Waals surface area contributed by atoms with Gasteiger partial charge in [0, 0.05) is 24.3 Å². The van der Waals surface area contributed by atoms with Crippen LogP contribution in [0.2, 0.25) is 0 Å². The van der Waals surface area contributed by atoms with Gasteiger partial charge in [-0.15, -0.1) is 10.2 Å². The Balaban J connectivity index is 1.53. The van der Waals surface area contributed by atoms with E-state index in [-0.39, 0.29) is 30.4 Å². The Morgan fingerprint density at radius 2 is 1.88 bits per heavy atom. The molecule has 25 heavy (non-hydrogen) atoms. The highest BCUT2D eigenvalue weighted by Gasteiger charge is 2.15. The van der Waals surface area contributed by atoms with Gasteiger partial charge >= 0.3 is 0 Å². The van der Waals surface area contributed by atoms with E-state index in [0.717, 1.165) is 17.8 Å². The second-order valence-corrected chi connectivity index (χ2v) is 7.77. The van der Waals surface area contributed by atoms with E-state index in [2.05, 4.69) is 21.6 Å². The topological polar surface area (TPSA) is 72.0 Å². The Morgan fingerprint density at radius 3 is 2.60 bits per heavy atom. The lowest BCUT2D eigenvalue weighted by Crippen LogP contribution is -2.14. The Bertz CT molecular complexity index is 783. The van der Waals surface area contributed by atoms with Gasteiger partial charge in [-0.25, -0.2) is 0 Å². The molecule has 1 aromatic carbocycles. The number of hydrogen-bond donors (Lipinski definition) is 1. The molecule has 0 atom stereocenters. The molecule has 1 amide bonds. The molecule has 0 aliphatic heterocycles. The van der Waals surface area contributed by atoms with Crippen LogP contribution in [-0.2, 0) is 17.6 Å². The predicted octanol–water partition coefficient (Wildman–Crippen LogP) is 4.14. The third-order valence-corrected chi connectivity index (χ3v) is 5.57. The van der Waals surface area contributed by atoms with Gasteiger partial charge in [0.05, 0.1) is 0 Å². The molecule has 6 heteroatoms. The molecule has 1 aliphatic carbocycles. The quantitative estimate of drug-likeness (QED) is 0.789. The third-order valence-electron chi connectivity index (χ3n) is 4.43. The summed E-state index contributed by atoms with van der Waals surface area (Å²) in [6, 6.07) is 5.97. The van der Waals surface area contributed by atoms with Crippen molar-refractivity contribution in [2.45, 2.75) is 58.3 Å². The normalized spacial score (nSPS) is 13.6. The van der Waals surface area contributed by atoms with E-state index in [1.807, 2.05) is 26.0 Å². The van der Waals surface area contributed by atoms with Crippen LogP contribution in [0.15, 0.2) is 18.2 Å². The molecule has 1 N–H and O–H groups in total. The van der Waals surface area contributed by atoms with E-state index in [0.29, 0.717) is 10.7 Å². The number of fused-ring (bicyclic) bond motifs is 1. The number of nitrogens with zero attached hydrogens (tertiary/aromatic N) is 2. The number of aromatic nitrogens is 2. The zero-order valence-electron chi connectivity index (χ0n) is 14.7. The molecule has 0 spiro atoms. The van der Waals surface area contributed by atoms with Crippen LogP contribution in [0.25, 0.3) is 0 Å². The zero-order valence-corrected chi connectivity index (χ0v) is 15.5. The second kappa shape index (κ2) is 7.87. The Labute approximate surface area is 151 Å². The van der Waals surface area contributed by atoms with Crippen molar-refractivity contribution >= 4 is 28.2 Å². The van der Waals surface area contributed by atoms with Gasteiger partial charge in [0.2, 0.25) is 11.0 Å². The van der Waals surface area contributed by atoms with Crippen LogP contribution in [0.3, 0.4) is 0 Å². The monoisotopic (exact) mass is 357 g/mol. The lowest BCUT2D eigenvalue weighted by atomic mass is 9.89. The Morgan fingerprint density at radius 1 is 1.12 bits per heavy atom. The van der Waals surface area contributed by atoms with Gasteiger partial charge in [-0.1, -0.05) is 37.3 Å². The molecule has 5 nitrogen and oxygen atoms in total. The van der Waals surface area contributed by atoms with Crippen molar-refractivity contribution in [1.29, 1.82) is 0 Å². The number of carbonyl (C=O) groups is 2. The summed E-state index contributed by atoms with van der Waals surface area (Å²) in [4.78, 5) is 24.4. The van der Waals surface area contributed by atoms with Gasteiger partial charge in [-0.05, 0) is 42.9 Å². The fraction of sp³-hybridized carbons (Fsp3) is 0.474. The minimum absolute atomic E-state index is 0.0173. The van der Waals surface area contributed by atoms with Gasteiger partial charge in [-0.3, -0.25) is 9.59 Å². The number of hydrogen-bond acceptors (Lipinski definition) is 5. The van der Waals surface area contributed by atoms with Crippen molar-refractivity contribution in [2.24, 2.45) is 0 Å². The van der Waals surface area contributed by atoms with Crippen molar-refractivity contribution in [1.82, 2.24) is 10.2 Å². The average Bonchev–Trinajstić information content (AvgIpc) is 3.08. The molecular formula is C19H23N3O2S. The van der Waals surface area contributed by atoms with Crippen LogP contribution in [0, 0.1) is 0 Å². The number of carbonyl (C=O) groups excluding carboxylic acids is 2. The number of rotatable bonds is 6. The molecule has 0 fully saturated rings. The minimum atomic E-state index is -0.197. The van der Waals surface area contributed by atoms with E-state index in [4.69, 9.17) is 0 Å². The molecule has 3 rings (SSSR count). The molecule has 0 saturated heterocycles. The smallest absolute Gasteiger partial charge is 0.226 e. The van der Waals surface area contributed by atoms with E-state index >= 15 is 0 Å². The molecule has 1 aromatic heterocycles. The van der Waals surface area contributed by atoms with Crippen molar-refractivity contribution in [3.8, 4) is 0 Å². The van der Waals surface area contributed by atoms with E-state index in [9.17, 15) is 9.59 Å². The van der Waals surface area contributed by atoms with Crippen LogP contribution in [0.5, 0.6) is 0 Å². The van der Waals surface area contributed by atoms with E-state index < -0.39 is 0 Å². The molecule has 0 unspecified atom stereocenters. The fourth-order valence-electron chi connectivity index (χ4n) is 2.98. The van der Waals surface area contributed by atoms with Crippen LogP contribution in [0.1, 0.15) is 71.9 Å². The van der Waals surface area contributed by atoms with Crippen LogP contribution < -0.4 is 5.32 Å². The summed E-state index contributed by atoms with van der Waals surface area (Å²) >= 11 is 1.38. The number of aryl methyl sites for hydroxylation is 2. The molecule has 1 heterocycles. The molecule has 0 saturated carbocycles. The summed E-state index contributed by atoms with van der Waals surface area (Å²) in [6.45, 7) is 4.06. The number of amides is 1. The maximum Gasteiger partial charge on any atom is 0.226 e. The van der Waals surface area contributed by atoms with E-state index in [1.54, 1.807) is 0 Å². The van der Waals surface area contributed by atoms with Gasteiger partial charge in [0.25, 0.3) is 0 Å². The standard InChI is InChI=1S/C19H23N3O2S/c1-12(2)18-21-22-19(25-18)20-17(24)10-9-16(23)15-8-7-13-5-3-4-6-14(13)11-15/h7-8,11-12H,3-6,9-10H2,1-2H3,(H,20,22,24). The summed E-state index contributed by atoms with van der Waals surface area (Å²) in [6.07, 6.45) is 4.93. The van der Waals surface area contributed by atoms with Crippen molar-refractivity contribution < 1.29 is 9.59 Å². The first kappa shape index (κ1) is 17.7. The highest BCUT2D eigenvalue weighted by molar-refractivity contribution is 7.15. The van der Waals surface area contributed by atoms with Crippen LogP contribution in [0.4, 0.5) is 5.13 Å². The summed E-state index contributed by atoms with van der Waals surface area (Å²) in [7, 11) is 0. The van der Waals surface area contributed by atoms with Crippen LogP contribution in [-0.4, -0.2) is 21.9 Å². The SMILES string of the molecule is CC(C)c1nnc(NC(=O)CCC(=O)c2ccc3c(c2)CCCC3)s1. The highest BCUT2D eigenvalue weighted by Crippen LogP contribution is 2.24. The molecule has 2 aromatic rings. The lowest BCUT2D eigenvalue weighted by Gasteiger charge is -2.16. The van der Waals surface area contributed by atoms with Gasteiger partial charge in [0.15, 0.2) is 5.78 Å². The number of nitrogens with one attached hydrogen (secondary N) is 1. The van der Waals surface area contributed by atoms with Gasteiger partial charge in [0.1, 0.15) is 5.01 Å². The fourth-order valence-corrected chi connectivity index (χ4v) is 3.74. The molecule has 0 bridgehead atoms. The summed E-state index contributed by atoms with van der Waals surface area (Å²) in [5.74, 6) is 0.107. The summed E-state index contributed by atoms with van der Waals surface area (Å²) in [5, 5.41) is 12.1. The predicted molar refractivity (Wildman–Crippen MR) is 99.3 cm³/mol. The number of benzene rings is 1. The number of ketones is 1. The van der Waals surface area contributed by atoms with Crippen molar-refractivity contribution in [3.63, 3.8) is 0 Å². The van der Waals surface area contributed by atoms with Gasteiger partial charge < -0.3 is 5.32 Å². The first-order chi connectivity index (χ1) is 12.0. The lowest BCUT2D eigenvalue weighted by molar-refractivity contribution is -0.116. The first-order valence-corrected chi connectivity index (χ1v) is 9.63. The number of Topliss-reactive ketones (excluding diaryl/α,β-unsaturated/α-hetero) is 1. The maximum atomic E-state index is 12.4. The van der Waals surface area contributed by atoms with Crippen molar-refractivity contribution in [3.05, 3.63) is 39.9 Å². The van der Waals surface area contributed by atoms with E-state index in [1.165, 1.54) is 35.3 Å². The summed E-state index contributed by atoms with van der Waals surface area (Å²) in [5.41, 5.74) is 3.36. The van der Waals surface area contributed by atoms with Crippen molar-refractivity contribution in [2.75, 3.05) is 5.32 Å². The Hall–Kier alpha value is -2.08. The molecule has 0 radical (unpaired) electrons. The van der Waals surface area contributed by atoms with Gasteiger partial charge in [-0.2, -0.15) is 0 Å². The largest absolute Gasteiger partial charge is 0.301 e. The molecule has 132 valence electrons. The maximum absolute atomic E-state index is 12.4. The molecule has 1 aliphatic rings. The Kier molecular flexibility index (Phi) is 5.58. The second-order valence-electron chi connectivity index (χ2n) is 6.76. The summed E-state index contributed by atoms with van der Waals surface area (Å²) < 4.78 is 0. The average molecular weight is 357 g/mol. The zero-order chi connectivity index (χ0) is 17.8. The highest BCUT2D eigenvalue weighted by atomic mass is 32.1. The number of anilines is 1.